The number of nitro groups is 1. The molecule has 2 aromatic carbocycles. The minimum atomic E-state index is -0.717. The third-order valence-corrected chi connectivity index (χ3v) is 5.72. The highest BCUT2D eigenvalue weighted by Gasteiger charge is 2.17. The SMILES string of the molecule is CN(C)CCN(C)c1ccc(-c2cnc(Nc3cnn(C)c3)nc2Nc2cc([N+](=O)[O-])ccc2F)cc1F. The van der Waals surface area contributed by atoms with E-state index in [-0.39, 0.29) is 23.1 Å². The van der Waals surface area contributed by atoms with E-state index in [0.717, 1.165) is 24.7 Å². The highest BCUT2D eigenvalue weighted by atomic mass is 19.1. The van der Waals surface area contributed by atoms with Crippen molar-refractivity contribution in [3.05, 3.63) is 76.7 Å². The molecule has 0 aliphatic carbocycles. The molecule has 0 fully saturated rings. The summed E-state index contributed by atoms with van der Waals surface area (Å²) in [6.45, 7) is 1.37. The summed E-state index contributed by atoms with van der Waals surface area (Å²) in [7, 11) is 7.45. The van der Waals surface area contributed by atoms with Gasteiger partial charge < -0.3 is 20.4 Å². The van der Waals surface area contributed by atoms with Gasteiger partial charge in [0.15, 0.2) is 0 Å². The lowest BCUT2D eigenvalue weighted by atomic mass is 10.1. The maximum absolute atomic E-state index is 15.2. The standard InChI is InChI=1S/C25H27F2N9O2/c1-33(2)9-10-34(3)23-8-5-16(11-21(23)27)19-14-28-25(30-17-13-29-35(4)15-17)32-24(19)31-22-12-18(36(37)38)6-7-20(22)26/h5-8,11-15H,9-10H2,1-4H3,(H2,28,30,31,32). The number of benzene rings is 2. The molecule has 0 atom stereocenters. The number of aromatic nitrogens is 4. The summed E-state index contributed by atoms with van der Waals surface area (Å²) in [4.78, 5) is 23.2. The lowest BCUT2D eigenvalue weighted by Gasteiger charge is -2.22. The van der Waals surface area contributed by atoms with Crippen molar-refractivity contribution < 1.29 is 13.7 Å². The highest BCUT2D eigenvalue weighted by Crippen LogP contribution is 2.34. The first-order valence-corrected chi connectivity index (χ1v) is 11.6. The fourth-order valence-corrected chi connectivity index (χ4v) is 3.67. The van der Waals surface area contributed by atoms with Gasteiger partial charge in [0.25, 0.3) is 5.69 Å². The molecule has 0 bridgehead atoms. The predicted octanol–water partition coefficient (Wildman–Crippen LogP) is 4.55. The van der Waals surface area contributed by atoms with Crippen molar-refractivity contribution in [3.63, 3.8) is 0 Å². The Hall–Kier alpha value is -4.65. The van der Waals surface area contributed by atoms with Gasteiger partial charge in [0.2, 0.25) is 5.95 Å². The van der Waals surface area contributed by atoms with Crippen molar-refractivity contribution >= 4 is 34.5 Å². The van der Waals surface area contributed by atoms with Crippen molar-refractivity contribution in [1.29, 1.82) is 0 Å². The van der Waals surface area contributed by atoms with E-state index < -0.39 is 16.6 Å². The number of likely N-dealkylation sites (N-methyl/N-ethyl adjacent to an activating group) is 2. The van der Waals surface area contributed by atoms with Crippen LogP contribution in [0.2, 0.25) is 0 Å². The Morgan fingerprint density at radius 3 is 2.47 bits per heavy atom. The van der Waals surface area contributed by atoms with E-state index >= 15 is 4.39 Å². The lowest BCUT2D eigenvalue weighted by Crippen LogP contribution is -2.28. The first kappa shape index (κ1) is 26.4. The molecule has 0 saturated heterocycles. The molecule has 0 unspecified atom stereocenters. The fraction of sp³-hybridized carbons (Fsp3) is 0.240. The Kier molecular flexibility index (Phi) is 7.76. The second-order valence-corrected chi connectivity index (χ2v) is 8.92. The van der Waals surface area contributed by atoms with Gasteiger partial charge in [-0.15, -0.1) is 0 Å². The summed E-state index contributed by atoms with van der Waals surface area (Å²) in [6.07, 6.45) is 4.75. The number of nitrogens with one attached hydrogen (secondary N) is 2. The van der Waals surface area contributed by atoms with Crippen molar-refractivity contribution in [2.75, 3.05) is 49.8 Å². The quantitative estimate of drug-likeness (QED) is 0.228. The molecule has 0 aliphatic heterocycles. The van der Waals surface area contributed by atoms with Gasteiger partial charge in [-0.1, -0.05) is 6.07 Å². The van der Waals surface area contributed by atoms with Crippen LogP contribution in [0.4, 0.5) is 43.3 Å². The van der Waals surface area contributed by atoms with Crippen molar-refractivity contribution in [1.82, 2.24) is 24.6 Å². The predicted molar refractivity (Wildman–Crippen MR) is 142 cm³/mol. The minimum Gasteiger partial charge on any atom is -0.371 e. The summed E-state index contributed by atoms with van der Waals surface area (Å²) >= 11 is 0. The second-order valence-electron chi connectivity index (χ2n) is 8.92. The van der Waals surface area contributed by atoms with E-state index in [0.29, 0.717) is 29.0 Å². The zero-order valence-electron chi connectivity index (χ0n) is 21.3. The number of aryl methyl sites for hydroxylation is 1. The third kappa shape index (κ3) is 6.18. The van der Waals surface area contributed by atoms with Crippen LogP contribution in [0.3, 0.4) is 0 Å². The first-order valence-electron chi connectivity index (χ1n) is 11.6. The Bertz CT molecular complexity index is 1460. The van der Waals surface area contributed by atoms with E-state index in [1.165, 1.54) is 12.3 Å². The topological polar surface area (TPSA) is 117 Å². The minimum absolute atomic E-state index is 0.124. The average Bonchev–Trinajstić information content (AvgIpc) is 3.28. The zero-order chi connectivity index (χ0) is 27.4. The van der Waals surface area contributed by atoms with Crippen LogP contribution in [-0.2, 0) is 7.05 Å². The number of nitrogens with zero attached hydrogens (tertiary/aromatic N) is 7. The largest absolute Gasteiger partial charge is 0.371 e. The molecular weight excluding hydrogens is 496 g/mol. The van der Waals surface area contributed by atoms with Gasteiger partial charge in [0.05, 0.1) is 28.2 Å². The van der Waals surface area contributed by atoms with E-state index in [1.807, 2.05) is 30.9 Å². The molecule has 0 amide bonds. The van der Waals surface area contributed by atoms with Gasteiger partial charge in [0.1, 0.15) is 17.5 Å². The van der Waals surface area contributed by atoms with Crippen LogP contribution in [0.25, 0.3) is 11.1 Å². The van der Waals surface area contributed by atoms with Gasteiger partial charge >= 0.3 is 0 Å². The molecule has 11 nitrogen and oxygen atoms in total. The number of halogens is 2. The van der Waals surface area contributed by atoms with Crippen LogP contribution in [0, 0.1) is 21.7 Å². The van der Waals surface area contributed by atoms with Gasteiger partial charge in [-0.05, 0) is 37.9 Å². The van der Waals surface area contributed by atoms with Crippen LogP contribution >= 0.6 is 0 Å². The number of hydrogen-bond donors (Lipinski definition) is 2. The Morgan fingerprint density at radius 2 is 1.82 bits per heavy atom. The molecule has 4 rings (SSSR count). The summed E-state index contributed by atoms with van der Waals surface area (Å²) < 4.78 is 31.4. The van der Waals surface area contributed by atoms with Gasteiger partial charge in [-0.3, -0.25) is 14.8 Å². The van der Waals surface area contributed by atoms with E-state index in [1.54, 1.807) is 36.3 Å². The highest BCUT2D eigenvalue weighted by molar-refractivity contribution is 5.80. The normalized spacial score (nSPS) is 11.0. The maximum atomic E-state index is 15.2. The van der Waals surface area contributed by atoms with Crippen molar-refractivity contribution in [3.8, 4) is 11.1 Å². The number of rotatable bonds is 10. The molecule has 2 N–H and O–H groups in total. The Morgan fingerprint density at radius 1 is 1.03 bits per heavy atom. The molecule has 0 spiro atoms. The van der Waals surface area contributed by atoms with E-state index in [9.17, 15) is 14.5 Å². The average molecular weight is 524 g/mol. The number of non-ortho nitro benzene ring substituents is 1. The molecule has 2 heterocycles. The smallest absolute Gasteiger partial charge is 0.271 e. The molecule has 0 saturated carbocycles. The van der Waals surface area contributed by atoms with Crippen LogP contribution in [0.15, 0.2) is 55.0 Å². The molecular formula is C25H27F2N9O2. The number of nitro benzene ring substituents is 1. The summed E-state index contributed by atoms with van der Waals surface area (Å²) in [5.41, 5.74) is 1.39. The second kappa shape index (κ2) is 11.2. The monoisotopic (exact) mass is 523 g/mol. The van der Waals surface area contributed by atoms with Crippen LogP contribution in [0.1, 0.15) is 0 Å². The summed E-state index contributed by atoms with van der Waals surface area (Å²) in [5, 5.41) is 21.1. The molecule has 0 aliphatic rings. The molecule has 2 aromatic heterocycles. The molecule has 13 heteroatoms. The molecule has 38 heavy (non-hydrogen) atoms. The van der Waals surface area contributed by atoms with E-state index in [2.05, 4.69) is 25.7 Å². The maximum Gasteiger partial charge on any atom is 0.271 e. The Balaban J connectivity index is 1.72. The van der Waals surface area contributed by atoms with E-state index in [4.69, 9.17) is 0 Å². The molecule has 198 valence electrons. The van der Waals surface area contributed by atoms with Gasteiger partial charge in [-0.25, -0.2) is 13.8 Å². The van der Waals surface area contributed by atoms with Crippen LogP contribution < -0.4 is 15.5 Å². The zero-order valence-corrected chi connectivity index (χ0v) is 21.3. The van der Waals surface area contributed by atoms with Gasteiger partial charge in [0, 0.05) is 57.3 Å². The Labute approximate surface area is 217 Å². The number of anilines is 5. The van der Waals surface area contributed by atoms with Gasteiger partial charge in [-0.2, -0.15) is 10.1 Å². The molecule has 4 aromatic rings. The van der Waals surface area contributed by atoms with Crippen LogP contribution in [0.5, 0.6) is 0 Å². The van der Waals surface area contributed by atoms with Crippen LogP contribution in [-0.4, -0.2) is 63.8 Å². The number of hydrogen-bond acceptors (Lipinski definition) is 9. The molecule has 0 radical (unpaired) electrons. The first-order chi connectivity index (χ1) is 18.1. The van der Waals surface area contributed by atoms with Crippen molar-refractivity contribution in [2.24, 2.45) is 7.05 Å². The lowest BCUT2D eigenvalue weighted by molar-refractivity contribution is -0.384. The summed E-state index contributed by atoms with van der Waals surface area (Å²) in [5.74, 6) is -0.880. The third-order valence-electron chi connectivity index (χ3n) is 5.72. The fourth-order valence-electron chi connectivity index (χ4n) is 3.67. The van der Waals surface area contributed by atoms with Crippen molar-refractivity contribution in [2.45, 2.75) is 0 Å². The summed E-state index contributed by atoms with van der Waals surface area (Å²) in [6, 6.07) is 7.85.